The van der Waals surface area contributed by atoms with Crippen LogP contribution in [0.3, 0.4) is 0 Å². The van der Waals surface area contributed by atoms with Gasteiger partial charge in [0.25, 0.3) is 0 Å². The molecule has 0 aliphatic carbocycles. The molecule has 1 heterocycles. The van der Waals surface area contributed by atoms with E-state index >= 15 is 0 Å². The van der Waals surface area contributed by atoms with Gasteiger partial charge in [0.05, 0.1) is 13.2 Å². The highest BCUT2D eigenvalue weighted by Gasteiger charge is 2.05. The molecule has 0 spiro atoms. The second-order valence-corrected chi connectivity index (χ2v) is 3.54. The van der Waals surface area contributed by atoms with Crippen molar-refractivity contribution in [2.75, 3.05) is 6.61 Å². The van der Waals surface area contributed by atoms with Gasteiger partial charge in [-0.2, -0.15) is 0 Å². The lowest BCUT2D eigenvalue weighted by atomic mass is 10.4. The van der Waals surface area contributed by atoms with Gasteiger partial charge in [-0.15, -0.1) is 17.9 Å². The molecule has 0 atom stereocenters. The molecule has 0 radical (unpaired) electrons. The molecule has 1 rings (SSSR count). The van der Waals surface area contributed by atoms with Crippen LogP contribution < -0.4 is 0 Å². The van der Waals surface area contributed by atoms with Gasteiger partial charge in [0, 0.05) is 4.88 Å². The lowest BCUT2D eigenvalue weighted by Gasteiger charge is -1.95. The summed E-state index contributed by atoms with van der Waals surface area (Å²) in [6.45, 7) is 4.44. The zero-order valence-corrected chi connectivity index (χ0v) is 7.84. The summed E-state index contributed by atoms with van der Waals surface area (Å²) in [5.74, 6) is -0.889. The summed E-state index contributed by atoms with van der Waals surface area (Å²) in [7, 11) is 0. The third kappa shape index (κ3) is 3.01. The van der Waals surface area contributed by atoms with Crippen LogP contribution in [-0.4, -0.2) is 17.7 Å². The molecular weight excluding hydrogens is 188 g/mol. The van der Waals surface area contributed by atoms with Gasteiger partial charge in [-0.3, -0.25) is 0 Å². The van der Waals surface area contributed by atoms with E-state index in [4.69, 9.17) is 9.84 Å². The molecule has 3 nitrogen and oxygen atoms in total. The minimum Gasteiger partial charge on any atom is -0.477 e. The molecule has 0 fully saturated rings. The van der Waals surface area contributed by atoms with Gasteiger partial charge >= 0.3 is 5.97 Å². The molecule has 0 saturated heterocycles. The van der Waals surface area contributed by atoms with Crippen molar-refractivity contribution < 1.29 is 14.6 Å². The maximum absolute atomic E-state index is 10.5. The number of rotatable bonds is 5. The van der Waals surface area contributed by atoms with Gasteiger partial charge in [0.2, 0.25) is 0 Å². The Morgan fingerprint density at radius 3 is 3.00 bits per heavy atom. The van der Waals surface area contributed by atoms with Crippen LogP contribution in [0.4, 0.5) is 0 Å². The van der Waals surface area contributed by atoms with Crippen LogP contribution in [0.15, 0.2) is 24.8 Å². The largest absolute Gasteiger partial charge is 0.477 e. The van der Waals surface area contributed by atoms with E-state index in [-0.39, 0.29) is 0 Å². The third-order valence-electron chi connectivity index (χ3n) is 1.35. The molecule has 0 aliphatic heterocycles. The molecule has 0 aliphatic rings. The quantitative estimate of drug-likeness (QED) is 0.582. The highest BCUT2D eigenvalue weighted by atomic mass is 32.1. The molecule has 1 aromatic rings. The second kappa shape index (κ2) is 4.79. The Bertz CT molecular complexity index is 304. The standard InChI is InChI=1S/C9H10O3S/c1-2-5-12-6-7-3-4-8(13-7)9(10)11/h2-4H,1,5-6H2,(H,10,11). The Kier molecular flexibility index (Phi) is 3.67. The first-order valence-corrected chi connectivity index (χ1v) is 4.56. The van der Waals surface area contributed by atoms with E-state index in [1.165, 1.54) is 11.3 Å². The Morgan fingerprint density at radius 1 is 1.69 bits per heavy atom. The number of carbonyl (C=O) groups is 1. The first-order chi connectivity index (χ1) is 6.24. The molecule has 0 amide bonds. The van der Waals surface area contributed by atoms with Crippen molar-refractivity contribution in [1.29, 1.82) is 0 Å². The van der Waals surface area contributed by atoms with Crippen molar-refractivity contribution in [1.82, 2.24) is 0 Å². The normalized spacial score (nSPS) is 9.85. The fraction of sp³-hybridized carbons (Fsp3) is 0.222. The fourth-order valence-electron chi connectivity index (χ4n) is 0.813. The van der Waals surface area contributed by atoms with E-state index in [1.54, 1.807) is 18.2 Å². The first kappa shape index (κ1) is 9.95. The van der Waals surface area contributed by atoms with Gasteiger partial charge in [0.15, 0.2) is 0 Å². The van der Waals surface area contributed by atoms with Crippen LogP contribution in [0.5, 0.6) is 0 Å². The van der Waals surface area contributed by atoms with E-state index in [0.717, 1.165) is 4.88 Å². The average Bonchev–Trinajstić information content (AvgIpc) is 2.53. The number of hydrogen-bond acceptors (Lipinski definition) is 3. The third-order valence-corrected chi connectivity index (χ3v) is 2.40. The lowest BCUT2D eigenvalue weighted by molar-refractivity contribution is 0.0702. The Morgan fingerprint density at radius 2 is 2.46 bits per heavy atom. The smallest absolute Gasteiger partial charge is 0.345 e. The van der Waals surface area contributed by atoms with Crippen molar-refractivity contribution in [3.8, 4) is 0 Å². The summed E-state index contributed by atoms with van der Waals surface area (Å²) in [5.41, 5.74) is 0. The predicted octanol–water partition coefficient (Wildman–Crippen LogP) is 2.15. The Labute approximate surface area is 80.3 Å². The van der Waals surface area contributed by atoms with Crippen molar-refractivity contribution >= 4 is 17.3 Å². The number of hydrogen-bond donors (Lipinski definition) is 1. The zero-order chi connectivity index (χ0) is 9.68. The van der Waals surface area contributed by atoms with Crippen molar-refractivity contribution in [2.45, 2.75) is 6.61 Å². The van der Waals surface area contributed by atoms with Crippen LogP contribution >= 0.6 is 11.3 Å². The van der Waals surface area contributed by atoms with Crippen molar-refractivity contribution in [2.24, 2.45) is 0 Å². The summed E-state index contributed by atoms with van der Waals surface area (Å²) in [5, 5.41) is 8.62. The Hall–Kier alpha value is -1.13. The van der Waals surface area contributed by atoms with Crippen molar-refractivity contribution in [3.05, 3.63) is 34.5 Å². The molecule has 0 aromatic carbocycles. The highest BCUT2D eigenvalue weighted by Crippen LogP contribution is 2.16. The minimum absolute atomic E-state index is 0.345. The second-order valence-electron chi connectivity index (χ2n) is 2.37. The number of ether oxygens (including phenoxy) is 1. The number of thiophene rings is 1. The van der Waals surface area contributed by atoms with E-state index in [2.05, 4.69) is 6.58 Å². The zero-order valence-electron chi connectivity index (χ0n) is 7.03. The molecule has 70 valence electrons. The van der Waals surface area contributed by atoms with Crippen molar-refractivity contribution in [3.63, 3.8) is 0 Å². The fourth-order valence-corrected chi connectivity index (χ4v) is 1.60. The SMILES string of the molecule is C=CCOCc1ccc(C(=O)O)s1. The van der Waals surface area contributed by atoms with Gasteiger partial charge in [0.1, 0.15) is 4.88 Å². The monoisotopic (exact) mass is 198 g/mol. The molecule has 0 unspecified atom stereocenters. The van der Waals surface area contributed by atoms with Crippen LogP contribution in [0.1, 0.15) is 14.5 Å². The molecule has 0 bridgehead atoms. The molecule has 1 aromatic heterocycles. The number of aromatic carboxylic acids is 1. The van der Waals surface area contributed by atoms with Gasteiger partial charge in [-0.1, -0.05) is 6.08 Å². The van der Waals surface area contributed by atoms with Gasteiger partial charge in [-0.05, 0) is 12.1 Å². The van der Waals surface area contributed by atoms with Crippen LogP contribution in [0.2, 0.25) is 0 Å². The Balaban J connectivity index is 2.49. The van der Waals surface area contributed by atoms with Crippen LogP contribution in [0, 0.1) is 0 Å². The maximum Gasteiger partial charge on any atom is 0.345 e. The van der Waals surface area contributed by atoms with E-state index in [1.807, 2.05) is 0 Å². The number of carboxylic acids is 1. The number of carboxylic acid groups (broad SMARTS) is 1. The maximum atomic E-state index is 10.5. The highest BCUT2D eigenvalue weighted by molar-refractivity contribution is 7.13. The molecule has 13 heavy (non-hydrogen) atoms. The molecular formula is C9H10O3S. The molecule has 1 N–H and O–H groups in total. The summed E-state index contributed by atoms with van der Waals surface area (Å²) in [6, 6.07) is 3.34. The van der Waals surface area contributed by atoms with E-state index in [9.17, 15) is 4.79 Å². The van der Waals surface area contributed by atoms with Crippen LogP contribution in [-0.2, 0) is 11.3 Å². The summed E-state index contributed by atoms with van der Waals surface area (Å²) in [6.07, 6.45) is 1.66. The van der Waals surface area contributed by atoms with Gasteiger partial charge < -0.3 is 9.84 Å². The topological polar surface area (TPSA) is 46.5 Å². The summed E-state index contributed by atoms with van der Waals surface area (Å²) >= 11 is 1.23. The predicted molar refractivity (Wildman–Crippen MR) is 51.1 cm³/mol. The lowest BCUT2D eigenvalue weighted by Crippen LogP contribution is -1.90. The minimum atomic E-state index is -0.889. The molecule has 0 saturated carbocycles. The van der Waals surface area contributed by atoms with Crippen LogP contribution in [0.25, 0.3) is 0 Å². The van der Waals surface area contributed by atoms with Gasteiger partial charge in [-0.25, -0.2) is 4.79 Å². The van der Waals surface area contributed by atoms with E-state index in [0.29, 0.717) is 18.1 Å². The summed E-state index contributed by atoms with van der Waals surface area (Å²) in [4.78, 5) is 11.8. The summed E-state index contributed by atoms with van der Waals surface area (Å²) < 4.78 is 5.16. The molecule has 4 heteroatoms. The first-order valence-electron chi connectivity index (χ1n) is 3.74. The van der Waals surface area contributed by atoms with E-state index < -0.39 is 5.97 Å². The average molecular weight is 198 g/mol.